The Labute approximate surface area is 196 Å². The molecule has 1 aromatic carbocycles. The van der Waals surface area contributed by atoms with Crippen LogP contribution in [-0.4, -0.2) is 77.3 Å². The first-order valence-corrected chi connectivity index (χ1v) is 13.8. The maximum absolute atomic E-state index is 13.5. The first-order valence-electron chi connectivity index (χ1n) is 12.4. The number of benzene rings is 1. The number of carbonyl (C=O) groups excluding carboxylic acids is 1. The average molecular weight is 477 g/mol. The van der Waals surface area contributed by atoms with Crippen molar-refractivity contribution < 1.29 is 13.2 Å². The number of rotatable bonds is 8. The summed E-state index contributed by atoms with van der Waals surface area (Å²) in [5.74, 6) is -0.192. The summed E-state index contributed by atoms with van der Waals surface area (Å²) in [6.07, 6.45) is 8.03. The molecule has 0 aliphatic carbocycles. The fraction of sp³-hybridized carbons (Fsp3) is 0.696. The molecule has 182 valence electrons. The molecule has 2 aliphatic heterocycles. The summed E-state index contributed by atoms with van der Waals surface area (Å²) in [5, 5.41) is 11.3. The fourth-order valence-corrected chi connectivity index (χ4v) is 6.57. The number of nitrogens with zero attached hydrogens (tertiary/aromatic N) is 5. The van der Waals surface area contributed by atoms with Gasteiger partial charge in [0.1, 0.15) is 11.6 Å². The van der Waals surface area contributed by atoms with Gasteiger partial charge in [0.15, 0.2) is 0 Å². The fourth-order valence-electron chi connectivity index (χ4n) is 4.89. The van der Waals surface area contributed by atoms with Crippen LogP contribution in [0.25, 0.3) is 11.0 Å². The van der Waals surface area contributed by atoms with Gasteiger partial charge in [-0.3, -0.25) is 4.79 Å². The van der Waals surface area contributed by atoms with Gasteiger partial charge in [-0.05, 0) is 63.4 Å². The molecule has 33 heavy (non-hydrogen) atoms. The molecule has 1 N–H and O–H groups in total. The topological polar surface area (TPSA) is 100 Å². The Morgan fingerprint density at radius 1 is 1.06 bits per heavy atom. The minimum atomic E-state index is -3.82. The zero-order chi connectivity index (χ0) is 23.3. The number of nitrogens with one attached hydrogen (secondary N) is 1. The molecule has 0 spiro atoms. The van der Waals surface area contributed by atoms with Crippen molar-refractivity contribution in [2.24, 2.45) is 0 Å². The van der Waals surface area contributed by atoms with Gasteiger partial charge in [0.05, 0.1) is 10.4 Å². The first-order chi connectivity index (χ1) is 16.0. The van der Waals surface area contributed by atoms with Crippen molar-refractivity contribution in [1.29, 1.82) is 0 Å². The lowest BCUT2D eigenvalue weighted by Gasteiger charge is -2.33. The van der Waals surface area contributed by atoms with Gasteiger partial charge in [-0.2, -0.15) is 4.31 Å². The Bertz CT molecular complexity index is 1050. The number of carbonyl (C=O) groups is 1. The van der Waals surface area contributed by atoms with Crippen LogP contribution < -0.4 is 5.32 Å². The maximum Gasteiger partial charge on any atom is 0.243 e. The Hall–Kier alpha value is -2.04. The monoisotopic (exact) mass is 476 g/mol. The van der Waals surface area contributed by atoms with Gasteiger partial charge in [-0.1, -0.05) is 31.4 Å². The number of likely N-dealkylation sites (tertiary alicyclic amines) is 1. The molecule has 3 heterocycles. The van der Waals surface area contributed by atoms with Gasteiger partial charge in [0.2, 0.25) is 15.9 Å². The van der Waals surface area contributed by atoms with E-state index in [4.69, 9.17) is 0 Å². The maximum atomic E-state index is 13.5. The van der Waals surface area contributed by atoms with Gasteiger partial charge in [0.25, 0.3) is 0 Å². The van der Waals surface area contributed by atoms with Crippen molar-refractivity contribution in [3.8, 4) is 0 Å². The predicted molar refractivity (Wildman–Crippen MR) is 127 cm³/mol. The van der Waals surface area contributed by atoms with E-state index in [1.54, 1.807) is 22.9 Å². The Kier molecular flexibility index (Phi) is 7.98. The normalized spacial score (nSPS) is 21.2. The summed E-state index contributed by atoms with van der Waals surface area (Å²) in [7, 11) is -3.82. The van der Waals surface area contributed by atoms with E-state index < -0.39 is 16.1 Å². The summed E-state index contributed by atoms with van der Waals surface area (Å²) in [5.41, 5.74) is 1.37. The van der Waals surface area contributed by atoms with Crippen LogP contribution in [0.15, 0.2) is 23.1 Å². The van der Waals surface area contributed by atoms with Crippen molar-refractivity contribution in [1.82, 2.24) is 29.5 Å². The van der Waals surface area contributed by atoms with Crippen LogP contribution in [0.5, 0.6) is 0 Å². The van der Waals surface area contributed by atoms with Gasteiger partial charge < -0.3 is 10.2 Å². The molecular weight excluding hydrogens is 440 g/mol. The third-order valence-electron chi connectivity index (χ3n) is 6.71. The Morgan fingerprint density at radius 2 is 1.82 bits per heavy atom. The van der Waals surface area contributed by atoms with Crippen LogP contribution in [0.3, 0.4) is 0 Å². The number of hydrogen-bond donors (Lipinski definition) is 1. The zero-order valence-electron chi connectivity index (χ0n) is 19.6. The van der Waals surface area contributed by atoms with Crippen molar-refractivity contribution >= 4 is 27.0 Å². The quantitative estimate of drug-likeness (QED) is 0.628. The molecule has 0 bridgehead atoms. The van der Waals surface area contributed by atoms with Crippen molar-refractivity contribution in [3.05, 3.63) is 18.2 Å². The minimum absolute atomic E-state index is 0.169. The van der Waals surface area contributed by atoms with Crippen LogP contribution in [0.4, 0.5) is 0 Å². The largest absolute Gasteiger partial charge is 0.353 e. The van der Waals surface area contributed by atoms with E-state index in [0.717, 1.165) is 51.0 Å². The molecular formula is C23H36N6O3S. The van der Waals surface area contributed by atoms with E-state index in [0.29, 0.717) is 25.0 Å². The first kappa shape index (κ1) is 24.1. The molecule has 2 fully saturated rings. The number of fused-ring (bicyclic) bond motifs is 1. The Morgan fingerprint density at radius 3 is 2.58 bits per heavy atom. The van der Waals surface area contributed by atoms with E-state index >= 15 is 0 Å². The highest BCUT2D eigenvalue weighted by molar-refractivity contribution is 7.89. The van der Waals surface area contributed by atoms with Gasteiger partial charge in [-0.25, -0.2) is 13.1 Å². The molecule has 0 saturated carbocycles. The van der Waals surface area contributed by atoms with Gasteiger partial charge >= 0.3 is 0 Å². The zero-order valence-corrected chi connectivity index (χ0v) is 20.4. The Balaban J connectivity index is 1.45. The van der Waals surface area contributed by atoms with E-state index in [2.05, 4.69) is 27.5 Å². The summed E-state index contributed by atoms with van der Waals surface area (Å²) >= 11 is 0. The summed E-state index contributed by atoms with van der Waals surface area (Å²) in [4.78, 5) is 15.6. The molecule has 0 unspecified atom stereocenters. The minimum Gasteiger partial charge on any atom is -0.353 e. The summed E-state index contributed by atoms with van der Waals surface area (Å²) < 4.78 is 30.2. The highest BCUT2D eigenvalue weighted by Crippen LogP contribution is 2.27. The number of aromatic nitrogens is 3. The SMILES string of the molecule is CCCn1nnc2cc(S(=O)(=O)N3CCCC[C@@H]3C(=O)NCCN3CCCCCC3)ccc21. The van der Waals surface area contributed by atoms with E-state index in [1.165, 1.54) is 30.0 Å². The molecule has 1 aromatic heterocycles. The van der Waals surface area contributed by atoms with Crippen molar-refractivity contribution in [2.75, 3.05) is 32.7 Å². The third-order valence-corrected chi connectivity index (χ3v) is 8.61. The summed E-state index contributed by atoms with van der Waals surface area (Å²) in [6, 6.07) is 4.28. The number of amides is 1. The lowest BCUT2D eigenvalue weighted by Crippen LogP contribution is -2.52. The summed E-state index contributed by atoms with van der Waals surface area (Å²) in [6.45, 7) is 6.66. The molecule has 4 rings (SSSR count). The molecule has 9 nitrogen and oxygen atoms in total. The van der Waals surface area contributed by atoms with Crippen LogP contribution in [0.1, 0.15) is 58.3 Å². The lowest BCUT2D eigenvalue weighted by atomic mass is 10.0. The van der Waals surface area contributed by atoms with Gasteiger partial charge in [-0.15, -0.1) is 5.10 Å². The molecule has 0 radical (unpaired) electrons. The standard InChI is InChI=1S/C23H36N6O3S/c1-2-13-28-21-11-10-19(18-20(21)25-26-28)33(31,32)29-16-8-5-9-22(29)23(30)24-12-17-27-14-6-3-4-7-15-27/h10-11,18,22H,2-9,12-17H2,1H3,(H,24,30)/t22-/m1/s1. The highest BCUT2D eigenvalue weighted by atomic mass is 32.2. The third kappa shape index (κ3) is 5.55. The highest BCUT2D eigenvalue weighted by Gasteiger charge is 2.37. The second-order valence-electron chi connectivity index (χ2n) is 9.14. The van der Waals surface area contributed by atoms with Crippen LogP contribution in [0.2, 0.25) is 0 Å². The number of piperidine rings is 1. The molecule has 2 aliphatic rings. The average Bonchev–Trinajstić information content (AvgIpc) is 3.04. The number of hydrogen-bond acceptors (Lipinski definition) is 6. The van der Waals surface area contributed by atoms with Crippen molar-refractivity contribution in [3.63, 3.8) is 0 Å². The number of sulfonamides is 1. The lowest BCUT2D eigenvalue weighted by molar-refractivity contribution is -0.125. The van der Waals surface area contributed by atoms with E-state index in [9.17, 15) is 13.2 Å². The molecule has 10 heteroatoms. The second kappa shape index (κ2) is 10.9. The van der Waals surface area contributed by atoms with E-state index in [1.807, 2.05) is 0 Å². The van der Waals surface area contributed by atoms with E-state index in [-0.39, 0.29) is 10.8 Å². The molecule has 1 atom stereocenters. The molecule has 2 saturated heterocycles. The van der Waals surface area contributed by atoms with Crippen LogP contribution in [0, 0.1) is 0 Å². The number of aryl methyl sites for hydroxylation is 1. The van der Waals surface area contributed by atoms with Gasteiger partial charge in [0, 0.05) is 26.2 Å². The molecule has 1 amide bonds. The van der Waals surface area contributed by atoms with Crippen molar-refractivity contribution in [2.45, 2.75) is 75.8 Å². The second-order valence-corrected chi connectivity index (χ2v) is 11.0. The smallest absolute Gasteiger partial charge is 0.243 e. The van der Waals surface area contributed by atoms with Crippen LogP contribution in [-0.2, 0) is 21.4 Å². The molecule has 2 aromatic rings. The van der Waals surface area contributed by atoms with Crippen LogP contribution >= 0.6 is 0 Å². The predicted octanol–water partition coefficient (Wildman–Crippen LogP) is 2.38.